The largest absolute Gasteiger partial charge is 0.444 e. The highest BCUT2D eigenvalue weighted by Crippen LogP contribution is 2.33. The van der Waals surface area contributed by atoms with Crippen molar-refractivity contribution in [2.24, 2.45) is 0 Å². The molecule has 37 heavy (non-hydrogen) atoms. The number of nitrogens with one attached hydrogen (secondary N) is 1. The number of amides is 2. The van der Waals surface area contributed by atoms with Crippen molar-refractivity contribution in [2.75, 3.05) is 26.2 Å². The second-order valence-electron chi connectivity index (χ2n) is 10.2. The summed E-state index contributed by atoms with van der Waals surface area (Å²) in [5.41, 5.74) is 0.571. The van der Waals surface area contributed by atoms with Crippen molar-refractivity contribution in [1.29, 1.82) is 0 Å². The Morgan fingerprint density at radius 2 is 1.81 bits per heavy atom. The smallest absolute Gasteiger partial charge is 0.410 e. The number of oxazole rings is 1. The van der Waals surface area contributed by atoms with Crippen LogP contribution in [-0.2, 0) is 4.74 Å². The molecule has 3 aromatic rings. The predicted molar refractivity (Wildman–Crippen MR) is 138 cm³/mol. The molecule has 0 spiro atoms. The highest BCUT2D eigenvalue weighted by atomic mass is 32.1. The Bertz CT molecular complexity index is 1230. The van der Waals surface area contributed by atoms with Gasteiger partial charge in [-0.3, -0.25) is 9.69 Å². The zero-order valence-corrected chi connectivity index (χ0v) is 22.5. The summed E-state index contributed by atoms with van der Waals surface area (Å²) in [7, 11) is 0. The van der Waals surface area contributed by atoms with E-state index in [1.54, 1.807) is 28.6 Å². The van der Waals surface area contributed by atoms with E-state index >= 15 is 0 Å². The Morgan fingerprint density at radius 3 is 2.43 bits per heavy atom. The number of carbonyl (C=O) groups excluding carboxylic acids is 2. The predicted octanol–water partition coefficient (Wildman–Crippen LogP) is 4.72. The van der Waals surface area contributed by atoms with Crippen LogP contribution in [0.4, 0.5) is 9.18 Å². The average Bonchev–Trinajstić information content (AvgIpc) is 3.50. The highest BCUT2D eigenvalue weighted by molar-refractivity contribution is 7.13. The third kappa shape index (κ3) is 6.72. The summed E-state index contributed by atoms with van der Waals surface area (Å²) in [5.74, 6) is 0.295. The van der Waals surface area contributed by atoms with Gasteiger partial charge in [-0.25, -0.2) is 19.2 Å². The van der Waals surface area contributed by atoms with Crippen molar-refractivity contribution in [2.45, 2.75) is 52.3 Å². The van der Waals surface area contributed by atoms with E-state index in [2.05, 4.69) is 20.2 Å². The molecule has 3 heterocycles. The Kier molecular flexibility index (Phi) is 7.93. The Balaban J connectivity index is 1.55. The number of nitrogens with zero attached hydrogens (tertiary/aromatic N) is 4. The third-order valence-electron chi connectivity index (χ3n) is 5.64. The Hall–Kier alpha value is -3.31. The lowest BCUT2D eigenvalue weighted by molar-refractivity contribution is 0.0110. The molecule has 2 amide bonds. The summed E-state index contributed by atoms with van der Waals surface area (Å²) in [6.45, 7) is 11.3. The van der Waals surface area contributed by atoms with E-state index in [0.717, 1.165) is 5.56 Å². The van der Waals surface area contributed by atoms with E-state index in [-0.39, 0.29) is 29.9 Å². The summed E-state index contributed by atoms with van der Waals surface area (Å²) in [5, 5.41) is 5.05. The molecule has 1 aromatic carbocycles. The van der Waals surface area contributed by atoms with Gasteiger partial charge in [-0.15, -0.1) is 11.3 Å². The lowest BCUT2D eigenvalue weighted by atomic mass is 10.0. The van der Waals surface area contributed by atoms with Crippen LogP contribution in [0.2, 0.25) is 0 Å². The first-order valence-electron chi connectivity index (χ1n) is 12.2. The van der Waals surface area contributed by atoms with Gasteiger partial charge in [0, 0.05) is 37.6 Å². The maximum Gasteiger partial charge on any atom is 0.410 e. The van der Waals surface area contributed by atoms with Crippen molar-refractivity contribution in [3.05, 3.63) is 58.8 Å². The molecule has 2 aromatic heterocycles. The second kappa shape index (κ2) is 11.0. The molecular formula is C26H32FN5O4S. The first-order chi connectivity index (χ1) is 17.5. The van der Waals surface area contributed by atoms with Gasteiger partial charge in [0.15, 0.2) is 10.8 Å². The van der Waals surface area contributed by atoms with E-state index in [4.69, 9.17) is 9.15 Å². The summed E-state index contributed by atoms with van der Waals surface area (Å²) in [6, 6.07) is 5.84. The van der Waals surface area contributed by atoms with Crippen LogP contribution in [0.5, 0.6) is 0 Å². The summed E-state index contributed by atoms with van der Waals surface area (Å²) < 4.78 is 25.3. The number of ether oxygens (including phenoxy) is 1. The number of hydrogen-bond donors (Lipinski definition) is 1. The number of benzene rings is 1. The lowest BCUT2D eigenvalue weighted by Gasteiger charge is -2.38. The maximum atomic E-state index is 13.7. The molecule has 9 nitrogen and oxygen atoms in total. The summed E-state index contributed by atoms with van der Waals surface area (Å²) >= 11 is 1.30. The zero-order valence-electron chi connectivity index (χ0n) is 21.7. The van der Waals surface area contributed by atoms with Crippen molar-refractivity contribution in [3.63, 3.8) is 0 Å². The monoisotopic (exact) mass is 529 g/mol. The highest BCUT2D eigenvalue weighted by Gasteiger charge is 2.33. The minimum absolute atomic E-state index is 0.00165. The van der Waals surface area contributed by atoms with E-state index in [1.165, 1.54) is 23.5 Å². The molecule has 1 aliphatic heterocycles. The minimum atomic E-state index is -0.565. The molecule has 0 aliphatic carbocycles. The molecule has 1 atom stereocenters. The van der Waals surface area contributed by atoms with E-state index < -0.39 is 5.60 Å². The lowest BCUT2D eigenvalue weighted by Crippen LogP contribution is -2.51. The van der Waals surface area contributed by atoms with Crippen LogP contribution < -0.4 is 5.32 Å². The molecule has 11 heteroatoms. The van der Waals surface area contributed by atoms with Gasteiger partial charge in [-0.1, -0.05) is 12.1 Å². The van der Waals surface area contributed by atoms with Gasteiger partial charge in [0.2, 0.25) is 5.89 Å². The second-order valence-corrected chi connectivity index (χ2v) is 11.0. The molecular weight excluding hydrogens is 497 g/mol. The molecule has 1 unspecified atom stereocenters. The maximum absolute atomic E-state index is 13.7. The van der Waals surface area contributed by atoms with Crippen LogP contribution in [-0.4, -0.2) is 69.6 Å². The van der Waals surface area contributed by atoms with Gasteiger partial charge < -0.3 is 19.4 Å². The number of piperazine rings is 1. The Morgan fingerprint density at radius 1 is 1.14 bits per heavy atom. The minimum Gasteiger partial charge on any atom is -0.444 e. The first kappa shape index (κ1) is 26.7. The van der Waals surface area contributed by atoms with E-state index in [1.807, 2.05) is 34.6 Å². The Labute approximate surface area is 219 Å². The van der Waals surface area contributed by atoms with Gasteiger partial charge in [-0.05, 0) is 52.3 Å². The molecule has 1 N–H and O–H groups in total. The quantitative estimate of drug-likeness (QED) is 0.493. The zero-order chi connectivity index (χ0) is 26.7. The summed E-state index contributed by atoms with van der Waals surface area (Å²) in [4.78, 5) is 37.6. The standard InChI is InChI=1S/C26H32FN5O4S/c1-16(2)29-22(33)19-15-37-24(30-19)20-14-28-23(35-20)21(17-6-8-18(27)9-7-17)31-10-12-32(13-11-31)25(34)36-26(3,4)5/h6-9,14-16,21H,10-13H2,1-5H3,(H,29,33). The SMILES string of the molecule is CC(C)NC(=O)c1csc(-c2cnc(C(c3ccc(F)cc3)N3CCN(C(=O)OC(C)(C)C)CC3)o2)n1. The fourth-order valence-corrected chi connectivity index (χ4v) is 4.73. The molecule has 0 bridgehead atoms. The van der Waals surface area contributed by atoms with Crippen molar-refractivity contribution >= 4 is 23.3 Å². The van der Waals surface area contributed by atoms with Crippen LogP contribution in [0, 0.1) is 5.82 Å². The molecule has 1 aliphatic rings. The molecule has 4 rings (SSSR count). The molecule has 0 radical (unpaired) electrons. The van der Waals surface area contributed by atoms with Crippen molar-refractivity contribution in [1.82, 2.24) is 25.1 Å². The van der Waals surface area contributed by atoms with Crippen LogP contribution >= 0.6 is 11.3 Å². The van der Waals surface area contributed by atoms with E-state index in [9.17, 15) is 14.0 Å². The van der Waals surface area contributed by atoms with Crippen LogP contribution in [0.1, 0.15) is 62.6 Å². The normalized spacial score (nSPS) is 15.6. The van der Waals surface area contributed by atoms with Gasteiger partial charge in [0.1, 0.15) is 23.2 Å². The fourth-order valence-electron chi connectivity index (χ4n) is 3.98. The van der Waals surface area contributed by atoms with Crippen LogP contribution in [0.15, 0.2) is 40.3 Å². The van der Waals surface area contributed by atoms with Crippen LogP contribution in [0.25, 0.3) is 10.8 Å². The van der Waals surface area contributed by atoms with Crippen molar-refractivity contribution in [3.8, 4) is 10.8 Å². The first-order valence-corrected chi connectivity index (χ1v) is 13.1. The molecule has 198 valence electrons. The number of thiazole rings is 1. The third-order valence-corrected chi connectivity index (χ3v) is 6.50. The van der Waals surface area contributed by atoms with Gasteiger partial charge >= 0.3 is 6.09 Å². The number of halogens is 1. The van der Waals surface area contributed by atoms with Gasteiger partial charge in [0.25, 0.3) is 5.91 Å². The molecule has 1 saturated heterocycles. The van der Waals surface area contributed by atoms with E-state index in [0.29, 0.717) is 48.5 Å². The molecule has 0 saturated carbocycles. The van der Waals surface area contributed by atoms with Crippen LogP contribution in [0.3, 0.4) is 0 Å². The number of rotatable bonds is 6. The molecule has 1 fully saturated rings. The average molecular weight is 530 g/mol. The van der Waals surface area contributed by atoms with Gasteiger partial charge in [0.05, 0.1) is 6.20 Å². The number of aromatic nitrogens is 2. The topological polar surface area (TPSA) is 101 Å². The fraction of sp³-hybridized carbons (Fsp3) is 0.462. The van der Waals surface area contributed by atoms with Gasteiger partial charge in [-0.2, -0.15) is 0 Å². The van der Waals surface area contributed by atoms with Crippen molar-refractivity contribution < 1.29 is 23.1 Å². The summed E-state index contributed by atoms with van der Waals surface area (Å²) in [6.07, 6.45) is 1.25. The number of carbonyl (C=O) groups is 2. The number of hydrogen-bond acceptors (Lipinski definition) is 8.